The molecule has 2 fully saturated rings. The fourth-order valence-electron chi connectivity index (χ4n) is 2.56. The first-order chi connectivity index (χ1) is 8.25. The molecule has 2 aliphatic rings. The molecule has 2 aliphatic heterocycles. The van der Waals surface area contributed by atoms with E-state index in [-0.39, 0.29) is 23.9 Å². The third-order valence-electron chi connectivity index (χ3n) is 3.42. The maximum atomic E-state index is 11.8. The summed E-state index contributed by atoms with van der Waals surface area (Å²) in [4.78, 5) is 11.8. The lowest BCUT2D eigenvalue weighted by molar-refractivity contribution is 0.184. The minimum atomic E-state index is -0.361. The number of aromatic nitrogens is 3. The minimum Gasteiger partial charge on any atom is -0.392 e. The van der Waals surface area contributed by atoms with Gasteiger partial charge in [-0.15, -0.1) is 0 Å². The van der Waals surface area contributed by atoms with Gasteiger partial charge in [-0.2, -0.15) is 5.10 Å². The van der Waals surface area contributed by atoms with E-state index in [0.29, 0.717) is 32.0 Å². The Morgan fingerprint density at radius 1 is 1.53 bits per heavy atom. The van der Waals surface area contributed by atoms with Crippen LogP contribution in [0.15, 0.2) is 4.79 Å². The summed E-state index contributed by atoms with van der Waals surface area (Å²) >= 11 is 0. The first-order valence-electron chi connectivity index (χ1n) is 5.91. The number of nitrogens with zero attached hydrogens (tertiary/aromatic N) is 2. The summed E-state index contributed by atoms with van der Waals surface area (Å²) in [6, 6.07) is 0.0142. The molecule has 3 atom stereocenters. The standard InChI is InChI=1S/C10H16N4O3/c15-7-3-8(11-4-7)9-12-13-10(16)14(9)6-1-2-17-5-6/h6-8,11,15H,1-5H2,(H,13,16)/t6?,7-,8+/m1/s1. The molecule has 1 aromatic heterocycles. The van der Waals surface area contributed by atoms with Crippen LogP contribution < -0.4 is 11.0 Å². The zero-order valence-corrected chi connectivity index (χ0v) is 9.43. The minimum absolute atomic E-state index is 0.0513. The molecule has 0 radical (unpaired) electrons. The summed E-state index contributed by atoms with van der Waals surface area (Å²) in [6.45, 7) is 1.79. The fraction of sp³-hybridized carbons (Fsp3) is 0.800. The van der Waals surface area contributed by atoms with Crippen LogP contribution in [0.5, 0.6) is 0 Å². The highest BCUT2D eigenvalue weighted by Crippen LogP contribution is 2.25. The third-order valence-corrected chi connectivity index (χ3v) is 3.42. The highest BCUT2D eigenvalue weighted by molar-refractivity contribution is 5.02. The Bertz CT molecular complexity index is 449. The average molecular weight is 240 g/mol. The Morgan fingerprint density at radius 3 is 3.06 bits per heavy atom. The van der Waals surface area contributed by atoms with Gasteiger partial charge >= 0.3 is 5.69 Å². The lowest BCUT2D eigenvalue weighted by atomic mass is 10.1. The summed E-state index contributed by atoms with van der Waals surface area (Å²) in [5.41, 5.74) is -0.196. The summed E-state index contributed by atoms with van der Waals surface area (Å²) in [5.74, 6) is 0.682. The van der Waals surface area contributed by atoms with Gasteiger partial charge in [0.1, 0.15) is 0 Å². The molecular weight excluding hydrogens is 224 g/mol. The van der Waals surface area contributed by atoms with E-state index in [4.69, 9.17) is 4.74 Å². The first-order valence-corrected chi connectivity index (χ1v) is 5.91. The number of β-amino-alcohol motifs (C(OH)–C–C–N with tert-alkyl or cyclic N) is 1. The van der Waals surface area contributed by atoms with Crippen molar-refractivity contribution in [1.29, 1.82) is 0 Å². The van der Waals surface area contributed by atoms with E-state index in [1.54, 1.807) is 4.57 Å². The van der Waals surface area contributed by atoms with Gasteiger partial charge in [-0.05, 0) is 12.8 Å². The van der Waals surface area contributed by atoms with Crippen molar-refractivity contribution in [1.82, 2.24) is 20.1 Å². The number of hydrogen-bond acceptors (Lipinski definition) is 5. The van der Waals surface area contributed by atoms with Crippen molar-refractivity contribution in [3.05, 3.63) is 16.3 Å². The van der Waals surface area contributed by atoms with Gasteiger partial charge in [0.2, 0.25) is 0 Å². The van der Waals surface area contributed by atoms with Crippen molar-refractivity contribution in [3.8, 4) is 0 Å². The Labute approximate surface area is 97.8 Å². The second-order valence-corrected chi connectivity index (χ2v) is 4.62. The molecule has 0 aromatic carbocycles. The van der Waals surface area contributed by atoms with E-state index in [1.807, 2.05) is 0 Å². The van der Waals surface area contributed by atoms with E-state index >= 15 is 0 Å². The van der Waals surface area contributed by atoms with E-state index in [1.165, 1.54) is 0 Å². The molecule has 0 spiro atoms. The largest absolute Gasteiger partial charge is 0.392 e. The molecule has 0 saturated carbocycles. The topological polar surface area (TPSA) is 92.2 Å². The molecule has 94 valence electrons. The predicted octanol–water partition coefficient (Wildman–Crippen LogP) is -1.07. The van der Waals surface area contributed by atoms with E-state index < -0.39 is 0 Å². The number of ether oxygens (including phenoxy) is 1. The van der Waals surface area contributed by atoms with Crippen molar-refractivity contribution >= 4 is 0 Å². The van der Waals surface area contributed by atoms with Gasteiger partial charge in [-0.25, -0.2) is 9.89 Å². The maximum Gasteiger partial charge on any atom is 0.343 e. The van der Waals surface area contributed by atoms with Crippen LogP contribution >= 0.6 is 0 Å². The fourth-order valence-corrected chi connectivity index (χ4v) is 2.56. The van der Waals surface area contributed by atoms with Crippen LogP contribution in [0.3, 0.4) is 0 Å². The molecule has 2 saturated heterocycles. The number of H-pyrrole nitrogens is 1. The van der Waals surface area contributed by atoms with Crippen molar-refractivity contribution < 1.29 is 9.84 Å². The van der Waals surface area contributed by atoms with Crippen LogP contribution in [0, 0.1) is 0 Å². The van der Waals surface area contributed by atoms with Gasteiger partial charge in [0.15, 0.2) is 5.82 Å². The summed E-state index contributed by atoms with van der Waals surface area (Å²) in [7, 11) is 0. The summed E-state index contributed by atoms with van der Waals surface area (Å²) in [5, 5.41) is 19.2. The molecule has 0 bridgehead atoms. The van der Waals surface area contributed by atoms with Crippen LogP contribution in [0.2, 0.25) is 0 Å². The summed E-state index contributed by atoms with van der Waals surface area (Å²) < 4.78 is 6.97. The molecule has 1 unspecified atom stereocenters. The number of nitrogens with one attached hydrogen (secondary N) is 2. The van der Waals surface area contributed by atoms with Crippen LogP contribution in [0.4, 0.5) is 0 Å². The Kier molecular flexibility index (Phi) is 2.73. The van der Waals surface area contributed by atoms with Gasteiger partial charge in [0.05, 0.1) is 24.8 Å². The first kappa shape index (κ1) is 10.9. The molecule has 7 heteroatoms. The highest BCUT2D eigenvalue weighted by Gasteiger charge is 2.31. The lowest BCUT2D eigenvalue weighted by Crippen LogP contribution is -2.27. The monoisotopic (exact) mass is 240 g/mol. The second-order valence-electron chi connectivity index (χ2n) is 4.62. The molecule has 3 rings (SSSR count). The number of aliphatic hydroxyl groups is 1. The molecule has 0 aliphatic carbocycles. The smallest absolute Gasteiger partial charge is 0.343 e. The van der Waals surface area contributed by atoms with Crippen LogP contribution in [0.1, 0.15) is 30.7 Å². The van der Waals surface area contributed by atoms with Crippen molar-refractivity contribution in [2.45, 2.75) is 31.0 Å². The van der Waals surface area contributed by atoms with Crippen molar-refractivity contribution in [2.75, 3.05) is 19.8 Å². The van der Waals surface area contributed by atoms with Gasteiger partial charge in [-0.1, -0.05) is 0 Å². The molecule has 3 heterocycles. The number of hydrogen-bond donors (Lipinski definition) is 3. The summed E-state index contributed by atoms with van der Waals surface area (Å²) in [6.07, 6.45) is 1.07. The van der Waals surface area contributed by atoms with Crippen molar-refractivity contribution in [3.63, 3.8) is 0 Å². The van der Waals surface area contributed by atoms with Gasteiger partial charge in [0, 0.05) is 13.2 Å². The quantitative estimate of drug-likeness (QED) is 0.612. The Balaban J connectivity index is 1.91. The average Bonchev–Trinajstić information content (AvgIpc) is 2.97. The van der Waals surface area contributed by atoms with Crippen molar-refractivity contribution in [2.24, 2.45) is 0 Å². The Morgan fingerprint density at radius 2 is 2.41 bits per heavy atom. The van der Waals surface area contributed by atoms with Crippen LogP contribution in [0.25, 0.3) is 0 Å². The van der Waals surface area contributed by atoms with Crippen LogP contribution in [-0.2, 0) is 4.74 Å². The van der Waals surface area contributed by atoms with E-state index in [2.05, 4.69) is 15.5 Å². The van der Waals surface area contributed by atoms with Gasteiger partial charge < -0.3 is 15.2 Å². The molecule has 0 amide bonds. The molecule has 17 heavy (non-hydrogen) atoms. The number of rotatable bonds is 2. The number of aliphatic hydroxyl groups excluding tert-OH is 1. The maximum absolute atomic E-state index is 11.8. The Hall–Kier alpha value is -1.18. The SMILES string of the molecule is O=c1[nH]nc([C@@H]2C[C@@H](O)CN2)n1C1CCOC1. The zero-order valence-electron chi connectivity index (χ0n) is 9.43. The van der Waals surface area contributed by atoms with Crippen LogP contribution in [-0.4, -0.2) is 45.7 Å². The van der Waals surface area contributed by atoms with Gasteiger partial charge in [-0.3, -0.25) is 4.57 Å². The van der Waals surface area contributed by atoms with Gasteiger partial charge in [0.25, 0.3) is 0 Å². The molecule has 3 N–H and O–H groups in total. The second kappa shape index (κ2) is 4.25. The molecule has 7 nitrogen and oxygen atoms in total. The normalized spacial score (nSPS) is 33.4. The number of aromatic amines is 1. The third kappa shape index (κ3) is 1.90. The highest BCUT2D eigenvalue weighted by atomic mass is 16.5. The zero-order chi connectivity index (χ0) is 11.8. The van der Waals surface area contributed by atoms with E-state index in [9.17, 15) is 9.90 Å². The lowest BCUT2D eigenvalue weighted by Gasteiger charge is -2.15. The van der Waals surface area contributed by atoms with E-state index in [0.717, 1.165) is 6.42 Å². The molecule has 1 aromatic rings. The molecular formula is C10H16N4O3. The predicted molar refractivity (Wildman–Crippen MR) is 58.7 cm³/mol.